The molecule has 1 aliphatic heterocycles. The number of allylic oxidation sites excluding steroid dienone is 2. The summed E-state index contributed by atoms with van der Waals surface area (Å²) in [6.07, 6.45) is 7.94. The van der Waals surface area contributed by atoms with Crippen molar-refractivity contribution in [2.45, 2.75) is 12.8 Å². The Morgan fingerprint density at radius 1 is 1.22 bits per heavy atom. The van der Waals surface area contributed by atoms with E-state index in [2.05, 4.69) is 57.7 Å². The van der Waals surface area contributed by atoms with Gasteiger partial charge in [0.25, 0.3) is 0 Å². The van der Waals surface area contributed by atoms with Crippen LogP contribution in [0, 0.1) is 0 Å². The predicted octanol–water partition coefficient (Wildman–Crippen LogP) is 3.09. The molecule has 0 unspecified atom stereocenters. The monoisotopic (exact) mass is 382 g/mol. The van der Waals surface area contributed by atoms with Gasteiger partial charge in [-0.25, -0.2) is 0 Å². The van der Waals surface area contributed by atoms with E-state index in [0.717, 1.165) is 39.1 Å². The summed E-state index contributed by atoms with van der Waals surface area (Å²) in [4.78, 5) is 2.42. The van der Waals surface area contributed by atoms with Gasteiger partial charge in [-0.1, -0.05) is 36.4 Å². The maximum Gasteiger partial charge on any atom is 0.187 e. The summed E-state index contributed by atoms with van der Waals surface area (Å²) in [6.45, 7) is 7.63. The third-order valence-electron chi connectivity index (χ3n) is 4.53. The van der Waals surface area contributed by atoms with Crippen LogP contribution in [0.25, 0.3) is 6.08 Å². The zero-order valence-corrected chi connectivity index (χ0v) is 16.3. The molecule has 0 atom stereocenters. The molecule has 0 radical (unpaired) electrons. The molecule has 0 bridgehead atoms. The van der Waals surface area contributed by atoms with E-state index in [4.69, 9.17) is 17.0 Å². The molecule has 142 valence electrons. The average Bonchev–Trinajstić information content (AvgIpc) is 3.10. The molecule has 0 saturated carbocycles. The minimum absolute atomic E-state index is 0.498. The third kappa shape index (κ3) is 5.52. The Morgan fingerprint density at radius 3 is 2.74 bits per heavy atom. The van der Waals surface area contributed by atoms with E-state index in [-0.39, 0.29) is 0 Å². The van der Waals surface area contributed by atoms with Crippen LogP contribution in [0.5, 0.6) is 0 Å². The highest BCUT2D eigenvalue weighted by Gasteiger charge is 2.25. The standard InChI is InChI=1S/C21H26N4OS/c1-2-10-22-21(27)24-23-16-19-9-8-18(15-17-6-4-3-5-7-17)20(19)25-11-13-26-14-12-25/h2-7,15-16H,1,8-14H2,(H2,22,24,27). The van der Waals surface area contributed by atoms with Crippen LogP contribution < -0.4 is 10.7 Å². The van der Waals surface area contributed by atoms with Crippen LogP contribution in [0.3, 0.4) is 0 Å². The van der Waals surface area contributed by atoms with Gasteiger partial charge in [-0.15, -0.1) is 6.58 Å². The Morgan fingerprint density at radius 2 is 2.00 bits per heavy atom. The summed E-state index contributed by atoms with van der Waals surface area (Å²) < 4.78 is 5.54. The van der Waals surface area contributed by atoms with E-state index in [1.807, 2.05) is 12.3 Å². The maximum absolute atomic E-state index is 5.54. The number of benzene rings is 1. The fraction of sp³-hybridized carbons (Fsp3) is 0.333. The first-order valence-corrected chi connectivity index (χ1v) is 9.68. The first-order valence-electron chi connectivity index (χ1n) is 9.27. The van der Waals surface area contributed by atoms with Crippen molar-refractivity contribution in [3.8, 4) is 0 Å². The normalized spacial score (nSPS) is 19.0. The fourth-order valence-electron chi connectivity index (χ4n) is 3.30. The van der Waals surface area contributed by atoms with Gasteiger partial charge in [-0.2, -0.15) is 5.10 Å². The van der Waals surface area contributed by atoms with Crippen LogP contribution in [0.15, 0.2) is 64.9 Å². The fourth-order valence-corrected chi connectivity index (χ4v) is 3.43. The first kappa shape index (κ1) is 19.3. The average molecular weight is 383 g/mol. The minimum Gasteiger partial charge on any atom is -0.378 e. The van der Waals surface area contributed by atoms with E-state index >= 15 is 0 Å². The largest absolute Gasteiger partial charge is 0.378 e. The van der Waals surface area contributed by atoms with Gasteiger partial charge < -0.3 is 15.0 Å². The summed E-state index contributed by atoms with van der Waals surface area (Å²) in [5, 5.41) is 7.84. The van der Waals surface area contributed by atoms with Gasteiger partial charge in [0.2, 0.25) is 0 Å². The van der Waals surface area contributed by atoms with Gasteiger partial charge in [0.1, 0.15) is 0 Å². The molecule has 1 heterocycles. The molecule has 1 aromatic rings. The SMILES string of the molecule is C=CCNC(=S)NN=CC1=C(N2CCOCC2)C(=Cc2ccccc2)CC1. The van der Waals surface area contributed by atoms with Gasteiger partial charge >= 0.3 is 0 Å². The summed E-state index contributed by atoms with van der Waals surface area (Å²) in [5.74, 6) is 0. The molecule has 0 aromatic heterocycles. The number of rotatable bonds is 6. The number of hydrazone groups is 1. The van der Waals surface area contributed by atoms with Crippen molar-refractivity contribution in [1.29, 1.82) is 0 Å². The smallest absolute Gasteiger partial charge is 0.187 e. The third-order valence-corrected chi connectivity index (χ3v) is 4.77. The summed E-state index contributed by atoms with van der Waals surface area (Å²) in [5.41, 5.74) is 7.99. The molecule has 1 saturated heterocycles. The maximum atomic E-state index is 5.54. The molecule has 1 aliphatic carbocycles. The molecular weight excluding hydrogens is 356 g/mol. The lowest BCUT2D eigenvalue weighted by molar-refractivity contribution is 0.0548. The number of morpholine rings is 1. The topological polar surface area (TPSA) is 48.9 Å². The molecular formula is C21H26N4OS. The highest BCUT2D eigenvalue weighted by Crippen LogP contribution is 2.34. The second kappa shape index (κ2) is 10.0. The molecule has 5 nitrogen and oxygen atoms in total. The molecule has 1 fully saturated rings. The van der Waals surface area contributed by atoms with Crippen molar-refractivity contribution < 1.29 is 4.74 Å². The number of hydrogen-bond acceptors (Lipinski definition) is 4. The molecule has 1 aromatic carbocycles. The highest BCUT2D eigenvalue weighted by molar-refractivity contribution is 7.80. The Labute approximate surface area is 166 Å². The summed E-state index contributed by atoms with van der Waals surface area (Å²) >= 11 is 5.19. The van der Waals surface area contributed by atoms with Crippen molar-refractivity contribution in [1.82, 2.24) is 15.6 Å². The van der Waals surface area contributed by atoms with Crippen molar-refractivity contribution >= 4 is 29.6 Å². The van der Waals surface area contributed by atoms with E-state index in [0.29, 0.717) is 11.7 Å². The van der Waals surface area contributed by atoms with E-state index in [9.17, 15) is 0 Å². The van der Waals surface area contributed by atoms with Crippen LogP contribution in [0.2, 0.25) is 0 Å². The van der Waals surface area contributed by atoms with Crippen molar-refractivity contribution in [2.24, 2.45) is 5.10 Å². The number of hydrogen-bond donors (Lipinski definition) is 2. The van der Waals surface area contributed by atoms with Crippen LogP contribution in [-0.4, -0.2) is 49.1 Å². The summed E-state index contributed by atoms with van der Waals surface area (Å²) in [6, 6.07) is 10.5. The molecule has 0 amide bonds. The Bertz CT molecular complexity index is 749. The van der Waals surface area contributed by atoms with Gasteiger partial charge in [-0.3, -0.25) is 5.43 Å². The van der Waals surface area contributed by atoms with Crippen molar-refractivity contribution in [2.75, 3.05) is 32.8 Å². The molecule has 6 heteroatoms. The van der Waals surface area contributed by atoms with E-state index in [1.165, 1.54) is 22.4 Å². The number of ether oxygens (including phenoxy) is 1. The van der Waals surface area contributed by atoms with Crippen molar-refractivity contribution in [3.63, 3.8) is 0 Å². The van der Waals surface area contributed by atoms with Crippen LogP contribution in [-0.2, 0) is 4.74 Å². The molecule has 2 N–H and O–H groups in total. The lowest BCUT2D eigenvalue weighted by atomic mass is 10.1. The first-order chi connectivity index (χ1) is 13.3. The Balaban J connectivity index is 1.80. The molecule has 3 rings (SSSR count). The van der Waals surface area contributed by atoms with Gasteiger partial charge in [0.05, 0.1) is 19.4 Å². The predicted molar refractivity (Wildman–Crippen MR) is 115 cm³/mol. The van der Waals surface area contributed by atoms with Gasteiger partial charge in [0, 0.05) is 25.3 Å². The van der Waals surface area contributed by atoms with Crippen LogP contribution in [0.4, 0.5) is 0 Å². The molecule has 0 spiro atoms. The lowest BCUT2D eigenvalue weighted by Gasteiger charge is -2.31. The quantitative estimate of drug-likeness (QED) is 0.343. The van der Waals surface area contributed by atoms with Gasteiger partial charge in [-0.05, 0) is 47.8 Å². The zero-order valence-electron chi connectivity index (χ0n) is 15.5. The number of nitrogens with one attached hydrogen (secondary N) is 2. The highest BCUT2D eigenvalue weighted by atomic mass is 32.1. The number of nitrogens with zero attached hydrogens (tertiary/aromatic N) is 2. The van der Waals surface area contributed by atoms with Crippen molar-refractivity contribution in [3.05, 3.63) is 65.4 Å². The minimum atomic E-state index is 0.498. The van der Waals surface area contributed by atoms with Crippen LogP contribution >= 0.6 is 12.2 Å². The Hall–Kier alpha value is -2.44. The lowest BCUT2D eigenvalue weighted by Crippen LogP contribution is -2.36. The van der Waals surface area contributed by atoms with Gasteiger partial charge in [0.15, 0.2) is 5.11 Å². The second-order valence-electron chi connectivity index (χ2n) is 6.42. The molecule has 2 aliphatic rings. The number of thiocarbonyl (C=S) groups is 1. The zero-order chi connectivity index (χ0) is 18.9. The summed E-state index contributed by atoms with van der Waals surface area (Å²) in [7, 11) is 0. The molecule has 27 heavy (non-hydrogen) atoms. The Kier molecular flexibility index (Phi) is 7.19. The van der Waals surface area contributed by atoms with Crippen LogP contribution in [0.1, 0.15) is 18.4 Å². The second-order valence-corrected chi connectivity index (χ2v) is 6.83. The van der Waals surface area contributed by atoms with E-state index < -0.39 is 0 Å². The van der Waals surface area contributed by atoms with E-state index in [1.54, 1.807) is 6.08 Å².